The highest BCUT2D eigenvalue weighted by Gasteiger charge is 2.34. The Kier molecular flexibility index (Phi) is 4.46. The number of amides is 2. The predicted molar refractivity (Wildman–Crippen MR) is 82.5 cm³/mol. The zero-order valence-electron chi connectivity index (χ0n) is 11.5. The van der Waals surface area contributed by atoms with Crippen LogP contribution in [-0.2, 0) is 4.79 Å². The molecular weight excluding hydrogens is 274 g/mol. The number of rotatable bonds is 4. The van der Waals surface area contributed by atoms with Gasteiger partial charge in [0.15, 0.2) is 0 Å². The second kappa shape index (κ2) is 6.11. The largest absolute Gasteiger partial charge is 0.378 e. The van der Waals surface area contributed by atoms with E-state index < -0.39 is 0 Å². The smallest absolute Gasteiger partial charge is 0.293 e. The molecule has 0 bridgehead atoms. The van der Waals surface area contributed by atoms with Crippen molar-refractivity contribution in [3.05, 3.63) is 34.7 Å². The van der Waals surface area contributed by atoms with E-state index in [2.05, 4.69) is 0 Å². The van der Waals surface area contributed by atoms with Gasteiger partial charge in [-0.15, -0.1) is 0 Å². The van der Waals surface area contributed by atoms with Crippen molar-refractivity contribution in [1.82, 2.24) is 4.90 Å². The molecule has 6 heteroatoms. The standard InChI is InChI=1S/C14H17N3O2S/c1-16(2)11-5-3-10(4-6-11)9-12-13(18)17(8-7-15)14(19)20-12/h3-6,9H,7-8,15H2,1-2H3. The lowest BCUT2D eigenvalue weighted by Crippen LogP contribution is -2.33. The SMILES string of the molecule is CN(C)c1ccc(C=C2SC(=O)N(CCN)C2=O)cc1. The van der Waals surface area contributed by atoms with Crippen LogP contribution >= 0.6 is 11.8 Å². The summed E-state index contributed by atoms with van der Waals surface area (Å²) in [7, 11) is 3.93. The van der Waals surface area contributed by atoms with E-state index in [1.165, 1.54) is 4.90 Å². The van der Waals surface area contributed by atoms with Gasteiger partial charge in [0, 0.05) is 32.9 Å². The van der Waals surface area contributed by atoms with E-state index in [0.29, 0.717) is 4.91 Å². The van der Waals surface area contributed by atoms with Crippen molar-refractivity contribution in [3.8, 4) is 0 Å². The number of hydrogen-bond acceptors (Lipinski definition) is 5. The van der Waals surface area contributed by atoms with Gasteiger partial charge in [-0.25, -0.2) is 0 Å². The number of carbonyl (C=O) groups is 2. The Morgan fingerprint density at radius 2 is 1.90 bits per heavy atom. The molecule has 0 radical (unpaired) electrons. The third-order valence-corrected chi connectivity index (χ3v) is 3.84. The van der Waals surface area contributed by atoms with Crippen LogP contribution in [0.4, 0.5) is 10.5 Å². The molecule has 1 saturated heterocycles. The van der Waals surface area contributed by atoms with Gasteiger partial charge in [-0.1, -0.05) is 12.1 Å². The molecule has 1 fully saturated rings. The summed E-state index contributed by atoms with van der Waals surface area (Å²) in [6, 6.07) is 7.78. The van der Waals surface area contributed by atoms with Crippen LogP contribution in [0, 0.1) is 0 Å². The van der Waals surface area contributed by atoms with Crippen LogP contribution in [0.3, 0.4) is 0 Å². The van der Waals surface area contributed by atoms with Crippen LogP contribution in [0.25, 0.3) is 6.08 Å². The quantitative estimate of drug-likeness (QED) is 0.856. The van der Waals surface area contributed by atoms with E-state index in [0.717, 1.165) is 23.0 Å². The highest BCUT2D eigenvalue weighted by atomic mass is 32.2. The summed E-state index contributed by atoms with van der Waals surface area (Å²) in [5, 5.41) is -0.253. The average Bonchev–Trinajstić information content (AvgIpc) is 2.67. The van der Waals surface area contributed by atoms with E-state index in [4.69, 9.17) is 5.73 Å². The summed E-state index contributed by atoms with van der Waals surface area (Å²) in [6.07, 6.45) is 1.74. The summed E-state index contributed by atoms with van der Waals surface area (Å²) < 4.78 is 0. The first-order chi connectivity index (χ1) is 9.52. The summed E-state index contributed by atoms with van der Waals surface area (Å²) in [4.78, 5) is 27.4. The monoisotopic (exact) mass is 291 g/mol. The lowest BCUT2D eigenvalue weighted by molar-refractivity contribution is -0.122. The number of anilines is 1. The molecule has 1 aromatic rings. The van der Waals surface area contributed by atoms with Crippen LogP contribution in [0.5, 0.6) is 0 Å². The maximum Gasteiger partial charge on any atom is 0.293 e. The Balaban J connectivity index is 2.19. The van der Waals surface area contributed by atoms with Gasteiger partial charge >= 0.3 is 0 Å². The molecule has 106 valence electrons. The molecule has 1 aromatic carbocycles. The number of imide groups is 1. The molecule has 0 unspecified atom stereocenters. The molecule has 0 atom stereocenters. The Hall–Kier alpha value is -1.79. The number of benzene rings is 1. The summed E-state index contributed by atoms with van der Waals surface area (Å²) in [5.41, 5.74) is 7.38. The minimum absolute atomic E-state index is 0.253. The molecule has 2 amide bonds. The van der Waals surface area contributed by atoms with Crippen LogP contribution in [0.1, 0.15) is 5.56 Å². The molecule has 1 aliphatic heterocycles. The lowest BCUT2D eigenvalue weighted by atomic mass is 10.2. The fraction of sp³-hybridized carbons (Fsp3) is 0.286. The lowest BCUT2D eigenvalue weighted by Gasteiger charge is -2.12. The fourth-order valence-corrected chi connectivity index (χ4v) is 2.71. The van der Waals surface area contributed by atoms with Gasteiger partial charge in [0.2, 0.25) is 0 Å². The molecule has 1 heterocycles. The first kappa shape index (κ1) is 14.6. The topological polar surface area (TPSA) is 66.6 Å². The third kappa shape index (κ3) is 3.02. The second-order valence-corrected chi connectivity index (χ2v) is 5.60. The zero-order valence-corrected chi connectivity index (χ0v) is 12.3. The molecule has 0 aliphatic carbocycles. The summed E-state index contributed by atoms with van der Waals surface area (Å²) in [5.74, 6) is -0.262. The molecule has 0 saturated carbocycles. The molecule has 0 aromatic heterocycles. The molecule has 5 nitrogen and oxygen atoms in total. The van der Waals surface area contributed by atoms with Crippen molar-refractivity contribution in [2.75, 3.05) is 32.1 Å². The Labute approximate surface area is 122 Å². The van der Waals surface area contributed by atoms with Gasteiger partial charge in [-0.2, -0.15) is 0 Å². The average molecular weight is 291 g/mol. The number of hydrogen-bond donors (Lipinski definition) is 1. The maximum atomic E-state index is 12.0. The van der Waals surface area contributed by atoms with Gasteiger partial charge in [-0.3, -0.25) is 14.5 Å². The van der Waals surface area contributed by atoms with E-state index in [-0.39, 0.29) is 24.2 Å². The highest BCUT2D eigenvalue weighted by Crippen LogP contribution is 2.32. The molecular formula is C14H17N3O2S. The third-order valence-electron chi connectivity index (χ3n) is 2.93. The number of nitrogens with zero attached hydrogens (tertiary/aromatic N) is 2. The number of nitrogens with two attached hydrogens (primary N) is 1. The van der Waals surface area contributed by atoms with Crippen LogP contribution in [0.2, 0.25) is 0 Å². The Bertz CT molecular complexity index is 552. The summed E-state index contributed by atoms with van der Waals surface area (Å²) >= 11 is 0.960. The van der Waals surface area contributed by atoms with Crippen molar-refractivity contribution in [2.24, 2.45) is 5.73 Å². The second-order valence-electron chi connectivity index (χ2n) is 4.61. The van der Waals surface area contributed by atoms with E-state index in [1.54, 1.807) is 6.08 Å². The number of thioether (sulfide) groups is 1. The van der Waals surface area contributed by atoms with E-state index in [9.17, 15) is 9.59 Å². The number of carbonyl (C=O) groups excluding carboxylic acids is 2. The van der Waals surface area contributed by atoms with Gasteiger partial charge < -0.3 is 10.6 Å². The summed E-state index contributed by atoms with van der Waals surface area (Å²) in [6.45, 7) is 0.546. The van der Waals surface area contributed by atoms with Crippen molar-refractivity contribution >= 4 is 34.7 Å². The predicted octanol–water partition coefficient (Wildman–Crippen LogP) is 1.75. The van der Waals surface area contributed by atoms with Gasteiger partial charge in [0.05, 0.1) is 4.91 Å². The van der Waals surface area contributed by atoms with Gasteiger partial charge in [0.25, 0.3) is 11.1 Å². The normalized spacial score (nSPS) is 17.1. The minimum atomic E-state index is -0.262. The molecule has 2 rings (SSSR count). The molecule has 2 N–H and O–H groups in total. The van der Waals surface area contributed by atoms with E-state index >= 15 is 0 Å². The molecule has 1 aliphatic rings. The van der Waals surface area contributed by atoms with Crippen LogP contribution in [0.15, 0.2) is 29.2 Å². The van der Waals surface area contributed by atoms with Crippen molar-refractivity contribution in [1.29, 1.82) is 0 Å². The fourth-order valence-electron chi connectivity index (χ4n) is 1.84. The van der Waals surface area contributed by atoms with Gasteiger partial charge in [-0.05, 0) is 35.5 Å². The van der Waals surface area contributed by atoms with Crippen molar-refractivity contribution < 1.29 is 9.59 Å². The van der Waals surface area contributed by atoms with E-state index in [1.807, 2.05) is 43.3 Å². The first-order valence-electron chi connectivity index (χ1n) is 6.25. The minimum Gasteiger partial charge on any atom is -0.378 e. The first-order valence-corrected chi connectivity index (χ1v) is 7.07. The van der Waals surface area contributed by atoms with Crippen molar-refractivity contribution in [3.63, 3.8) is 0 Å². The Morgan fingerprint density at radius 3 is 2.45 bits per heavy atom. The highest BCUT2D eigenvalue weighted by molar-refractivity contribution is 8.18. The zero-order chi connectivity index (χ0) is 14.7. The molecule has 0 spiro atoms. The Morgan fingerprint density at radius 1 is 1.25 bits per heavy atom. The van der Waals surface area contributed by atoms with Crippen LogP contribution in [-0.4, -0.2) is 43.2 Å². The van der Waals surface area contributed by atoms with Crippen LogP contribution < -0.4 is 10.6 Å². The maximum absolute atomic E-state index is 12.0. The van der Waals surface area contributed by atoms with Crippen molar-refractivity contribution in [2.45, 2.75) is 0 Å². The molecule has 20 heavy (non-hydrogen) atoms. The van der Waals surface area contributed by atoms with Gasteiger partial charge in [0.1, 0.15) is 0 Å².